The van der Waals surface area contributed by atoms with E-state index in [4.69, 9.17) is 4.74 Å². The highest BCUT2D eigenvalue weighted by Crippen LogP contribution is 2.35. The summed E-state index contributed by atoms with van der Waals surface area (Å²) in [6.07, 6.45) is -0.548. The van der Waals surface area contributed by atoms with Gasteiger partial charge in [0.05, 0.1) is 17.7 Å². The minimum absolute atomic E-state index is 0.0885. The smallest absolute Gasteiger partial charge is 0.172 e. The number of hydrogen-bond donors (Lipinski definition) is 3. The first kappa shape index (κ1) is 15.8. The Balaban J connectivity index is 1.93. The molecule has 2 rings (SSSR count). The van der Waals surface area contributed by atoms with Crippen molar-refractivity contribution in [1.29, 1.82) is 0 Å². The maximum Gasteiger partial charge on any atom is 0.172 e. The third-order valence-electron chi connectivity index (χ3n) is 3.16. The number of rotatable bonds is 6. The summed E-state index contributed by atoms with van der Waals surface area (Å²) in [7, 11) is 1.51. The summed E-state index contributed by atoms with van der Waals surface area (Å²) in [5.41, 5.74) is 1.84. The fourth-order valence-corrected chi connectivity index (χ4v) is 2.52. The average molecular weight is 352 g/mol. The molecule has 0 heterocycles. The maximum absolute atomic E-state index is 10.1. The monoisotopic (exact) mass is 351 g/mol. The topological polar surface area (TPSA) is 61.7 Å². The zero-order valence-electron chi connectivity index (χ0n) is 11.7. The number of benzene rings is 2. The molecule has 3 N–H and O–H groups in total. The van der Waals surface area contributed by atoms with Crippen LogP contribution in [0.2, 0.25) is 0 Å². The van der Waals surface area contributed by atoms with Gasteiger partial charge < -0.3 is 20.3 Å². The first-order chi connectivity index (χ1) is 10.1. The number of hydrogen-bond acceptors (Lipinski definition) is 4. The largest absolute Gasteiger partial charge is 0.503 e. The summed E-state index contributed by atoms with van der Waals surface area (Å²) >= 11 is 3.29. The molecule has 0 aromatic heterocycles. The van der Waals surface area contributed by atoms with Crippen LogP contribution in [0.25, 0.3) is 0 Å². The molecule has 0 bridgehead atoms. The second-order valence-electron chi connectivity index (χ2n) is 4.69. The van der Waals surface area contributed by atoms with Crippen molar-refractivity contribution >= 4 is 15.9 Å². The number of aliphatic hydroxyl groups is 1. The van der Waals surface area contributed by atoms with Crippen molar-refractivity contribution < 1.29 is 14.9 Å². The van der Waals surface area contributed by atoms with Crippen molar-refractivity contribution in [3.05, 3.63) is 58.1 Å². The molecule has 0 fully saturated rings. The molecule has 0 aliphatic heterocycles. The van der Waals surface area contributed by atoms with Gasteiger partial charge in [0.1, 0.15) is 0 Å². The van der Waals surface area contributed by atoms with Gasteiger partial charge >= 0.3 is 0 Å². The van der Waals surface area contributed by atoms with Crippen molar-refractivity contribution in [2.24, 2.45) is 0 Å². The van der Waals surface area contributed by atoms with Crippen LogP contribution in [-0.4, -0.2) is 23.9 Å². The van der Waals surface area contributed by atoms with Crippen LogP contribution in [-0.2, 0) is 6.54 Å². The Labute approximate surface area is 132 Å². The Morgan fingerprint density at radius 2 is 1.95 bits per heavy atom. The first-order valence-electron chi connectivity index (χ1n) is 6.61. The maximum atomic E-state index is 10.1. The van der Waals surface area contributed by atoms with E-state index in [0.717, 1.165) is 11.1 Å². The van der Waals surface area contributed by atoms with Crippen LogP contribution in [0.1, 0.15) is 17.2 Å². The van der Waals surface area contributed by atoms with Gasteiger partial charge in [-0.1, -0.05) is 30.3 Å². The van der Waals surface area contributed by atoms with E-state index >= 15 is 0 Å². The van der Waals surface area contributed by atoms with Crippen molar-refractivity contribution in [2.75, 3.05) is 13.7 Å². The van der Waals surface area contributed by atoms with Crippen molar-refractivity contribution in [3.8, 4) is 11.5 Å². The number of ether oxygens (including phenoxy) is 1. The second-order valence-corrected chi connectivity index (χ2v) is 5.54. The zero-order chi connectivity index (χ0) is 15.2. The van der Waals surface area contributed by atoms with Gasteiger partial charge in [0, 0.05) is 13.1 Å². The van der Waals surface area contributed by atoms with E-state index in [0.29, 0.717) is 23.3 Å². The minimum atomic E-state index is -0.548. The predicted octanol–water partition coefficient (Wildman–Crippen LogP) is 2.99. The number of halogens is 1. The summed E-state index contributed by atoms with van der Waals surface area (Å²) in [5.74, 6) is 0.510. The van der Waals surface area contributed by atoms with Crippen molar-refractivity contribution in [1.82, 2.24) is 5.32 Å². The highest BCUT2D eigenvalue weighted by molar-refractivity contribution is 9.10. The van der Waals surface area contributed by atoms with Gasteiger partial charge in [-0.2, -0.15) is 0 Å². The van der Waals surface area contributed by atoms with Gasteiger partial charge in [-0.15, -0.1) is 0 Å². The van der Waals surface area contributed by atoms with Crippen LogP contribution in [0, 0.1) is 0 Å². The normalized spacial score (nSPS) is 12.1. The molecule has 2 aromatic carbocycles. The Bertz CT molecular complexity index is 590. The average Bonchev–Trinajstić information content (AvgIpc) is 2.51. The number of nitrogens with one attached hydrogen (secondary N) is 1. The van der Waals surface area contributed by atoms with Gasteiger partial charge in [-0.05, 0) is 39.2 Å². The van der Waals surface area contributed by atoms with Crippen molar-refractivity contribution in [3.63, 3.8) is 0 Å². The molecule has 4 nitrogen and oxygen atoms in total. The van der Waals surface area contributed by atoms with E-state index in [9.17, 15) is 10.2 Å². The number of aromatic hydroxyl groups is 1. The quantitative estimate of drug-likeness (QED) is 0.748. The molecular weight excluding hydrogens is 334 g/mol. The molecular formula is C16H18BrNO3. The van der Waals surface area contributed by atoms with Gasteiger partial charge in [0.15, 0.2) is 11.5 Å². The SMILES string of the molecule is COc1cc(CNCC(O)c2ccccc2)cc(Br)c1O. The third-order valence-corrected chi connectivity index (χ3v) is 3.76. The van der Waals surface area contributed by atoms with Crippen LogP contribution >= 0.6 is 15.9 Å². The lowest BCUT2D eigenvalue weighted by molar-refractivity contribution is 0.174. The summed E-state index contributed by atoms with van der Waals surface area (Å²) in [6.45, 7) is 1.02. The standard InChI is InChI=1S/C16H18BrNO3/c1-21-15-8-11(7-13(17)16(15)20)9-18-10-14(19)12-5-3-2-4-6-12/h2-8,14,18-20H,9-10H2,1H3. The van der Waals surface area contributed by atoms with E-state index in [1.165, 1.54) is 7.11 Å². The minimum Gasteiger partial charge on any atom is -0.503 e. The summed E-state index contributed by atoms with van der Waals surface area (Å²) in [4.78, 5) is 0. The van der Waals surface area contributed by atoms with Crippen LogP contribution in [0.3, 0.4) is 0 Å². The molecule has 1 unspecified atom stereocenters. The Hall–Kier alpha value is -1.56. The third kappa shape index (κ3) is 4.20. The van der Waals surface area contributed by atoms with Crippen molar-refractivity contribution in [2.45, 2.75) is 12.6 Å². The molecule has 1 atom stereocenters. The number of phenolic OH excluding ortho intramolecular Hbond substituents is 1. The molecule has 0 amide bonds. The van der Waals surface area contributed by atoms with E-state index in [-0.39, 0.29) is 5.75 Å². The second kappa shape index (κ2) is 7.45. The molecule has 0 radical (unpaired) electrons. The van der Waals surface area contributed by atoms with E-state index in [1.54, 1.807) is 6.07 Å². The molecule has 21 heavy (non-hydrogen) atoms. The van der Waals surface area contributed by atoms with Gasteiger partial charge in [0.25, 0.3) is 0 Å². The number of aliphatic hydroxyl groups excluding tert-OH is 1. The lowest BCUT2D eigenvalue weighted by Gasteiger charge is -2.13. The highest BCUT2D eigenvalue weighted by atomic mass is 79.9. The van der Waals surface area contributed by atoms with Crippen LogP contribution < -0.4 is 10.1 Å². The molecule has 0 aliphatic rings. The van der Waals surface area contributed by atoms with E-state index in [1.807, 2.05) is 36.4 Å². The lowest BCUT2D eigenvalue weighted by atomic mass is 10.1. The van der Waals surface area contributed by atoms with Crippen LogP contribution in [0.5, 0.6) is 11.5 Å². The summed E-state index contributed by atoms with van der Waals surface area (Å²) < 4.78 is 5.69. The Morgan fingerprint density at radius 3 is 2.62 bits per heavy atom. The van der Waals surface area contributed by atoms with E-state index < -0.39 is 6.10 Å². The molecule has 0 saturated heterocycles. The Morgan fingerprint density at radius 1 is 1.24 bits per heavy atom. The molecule has 5 heteroatoms. The van der Waals surface area contributed by atoms with Crippen LogP contribution in [0.15, 0.2) is 46.9 Å². The fraction of sp³-hybridized carbons (Fsp3) is 0.250. The molecule has 0 spiro atoms. The van der Waals surface area contributed by atoms with Gasteiger partial charge in [0.2, 0.25) is 0 Å². The summed E-state index contributed by atoms with van der Waals surface area (Å²) in [5, 5.41) is 23.0. The van der Waals surface area contributed by atoms with E-state index in [2.05, 4.69) is 21.2 Å². The molecule has 0 saturated carbocycles. The highest BCUT2D eigenvalue weighted by Gasteiger charge is 2.10. The first-order valence-corrected chi connectivity index (χ1v) is 7.40. The molecule has 112 valence electrons. The Kier molecular flexibility index (Phi) is 5.61. The molecule has 0 aliphatic carbocycles. The van der Waals surface area contributed by atoms with Crippen LogP contribution in [0.4, 0.5) is 0 Å². The van der Waals surface area contributed by atoms with Gasteiger partial charge in [-0.25, -0.2) is 0 Å². The van der Waals surface area contributed by atoms with Gasteiger partial charge in [-0.3, -0.25) is 0 Å². The fourth-order valence-electron chi connectivity index (χ4n) is 2.03. The summed E-state index contributed by atoms with van der Waals surface area (Å²) in [6, 6.07) is 13.1. The lowest BCUT2D eigenvalue weighted by Crippen LogP contribution is -2.21. The molecule has 2 aromatic rings. The predicted molar refractivity (Wildman–Crippen MR) is 85.5 cm³/mol. The number of phenols is 1. The zero-order valence-corrected chi connectivity index (χ0v) is 13.3. The number of methoxy groups -OCH3 is 1.